The number of piperazine rings is 1. The van der Waals surface area contributed by atoms with Crippen LogP contribution in [0.2, 0.25) is 5.02 Å². The van der Waals surface area contributed by atoms with Gasteiger partial charge in [0.25, 0.3) is 5.91 Å². The Morgan fingerprint density at radius 2 is 1.57 bits per heavy atom. The van der Waals surface area contributed by atoms with E-state index >= 15 is 0 Å². The van der Waals surface area contributed by atoms with Gasteiger partial charge in [-0.1, -0.05) is 29.3 Å². The Balaban J connectivity index is 1.59. The highest BCUT2D eigenvalue weighted by molar-refractivity contribution is 7.89. The summed E-state index contributed by atoms with van der Waals surface area (Å²) in [6, 6.07) is 8.93. The van der Waals surface area contributed by atoms with Gasteiger partial charge in [-0.15, -0.1) is 0 Å². The number of hydrogen-bond acceptors (Lipinski definition) is 4. The average Bonchev–Trinajstić information content (AvgIpc) is 2.70. The largest absolute Gasteiger partial charge is 0.484 e. The molecule has 0 saturated carbocycles. The summed E-state index contributed by atoms with van der Waals surface area (Å²) in [5.41, 5.74) is 3.54. The highest BCUT2D eigenvalue weighted by atomic mass is 35.5. The number of aryl methyl sites for hydroxylation is 4. The molecule has 0 bridgehead atoms. The Morgan fingerprint density at radius 3 is 2.13 bits per heavy atom. The molecule has 2 aromatic rings. The van der Waals surface area contributed by atoms with E-state index in [2.05, 4.69) is 0 Å². The Kier molecular flexibility index (Phi) is 6.75. The second-order valence-electron chi connectivity index (χ2n) is 7.71. The van der Waals surface area contributed by atoms with Gasteiger partial charge in [-0.2, -0.15) is 4.31 Å². The van der Waals surface area contributed by atoms with Gasteiger partial charge in [-0.3, -0.25) is 4.79 Å². The minimum absolute atomic E-state index is 0.0929. The van der Waals surface area contributed by atoms with Gasteiger partial charge in [0.1, 0.15) is 5.75 Å². The molecule has 1 aliphatic heterocycles. The smallest absolute Gasteiger partial charge is 0.260 e. The number of carbonyl (C=O) groups is 1. The molecule has 0 aromatic heterocycles. The van der Waals surface area contributed by atoms with Crippen LogP contribution in [-0.2, 0) is 14.8 Å². The Bertz CT molecular complexity index is 1040. The standard InChI is InChI=1S/C22H27ClN2O4S/c1-15-5-6-20(16(2)11-15)30(27,28)25-9-7-24(8-10-25)21(26)14-29-19-12-17(3)22(23)18(4)13-19/h5-6,11-13H,7-10,14H2,1-4H3. The van der Waals surface area contributed by atoms with Crippen LogP contribution in [0.3, 0.4) is 0 Å². The molecule has 162 valence electrons. The van der Waals surface area contributed by atoms with Crippen molar-refractivity contribution in [3.8, 4) is 5.75 Å². The monoisotopic (exact) mass is 450 g/mol. The van der Waals surface area contributed by atoms with E-state index in [1.165, 1.54) is 4.31 Å². The molecule has 30 heavy (non-hydrogen) atoms. The number of rotatable bonds is 5. The quantitative estimate of drug-likeness (QED) is 0.699. The van der Waals surface area contributed by atoms with Crippen molar-refractivity contribution in [3.63, 3.8) is 0 Å². The van der Waals surface area contributed by atoms with Crippen molar-refractivity contribution in [3.05, 3.63) is 57.6 Å². The van der Waals surface area contributed by atoms with Crippen molar-refractivity contribution in [2.45, 2.75) is 32.6 Å². The van der Waals surface area contributed by atoms with Crippen molar-refractivity contribution in [1.29, 1.82) is 0 Å². The predicted molar refractivity (Wildman–Crippen MR) is 118 cm³/mol. The van der Waals surface area contributed by atoms with Crippen LogP contribution in [0.1, 0.15) is 22.3 Å². The summed E-state index contributed by atoms with van der Waals surface area (Å²) in [7, 11) is -3.58. The molecule has 0 N–H and O–H groups in total. The third-order valence-corrected chi connectivity index (χ3v) is 7.97. The number of halogens is 1. The molecular weight excluding hydrogens is 424 g/mol. The molecular formula is C22H27ClN2O4S. The number of sulfonamides is 1. The second-order valence-corrected chi connectivity index (χ2v) is 10.00. The van der Waals surface area contributed by atoms with Crippen molar-refractivity contribution in [2.24, 2.45) is 0 Å². The molecule has 8 heteroatoms. The number of ether oxygens (including phenoxy) is 1. The number of nitrogens with zero attached hydrogens (tertiary/aromatic N) is 2. The molecule has 6 nitrogen and oxygen atoms in total. The van der Waals surface area contributed by atoms with Crippen molar-refractivity contribution < 1.29 is 17.9 Å². The van der Waals surface area contributed by atoms with Crippen molar-refractivity contribution in [2.75, 3.05) is 32.8 Å². The van der Waals surface area contributed by atoms with E-state index in [-0.39, 0.29) is 25.6 Å². The van der Waals surface area contributed by atoms with Crippen LogP contribution >= 0.6 is 11.6 Å². The fourth-order valence-electron chi connectivity index (χ4n) is 3.63. The maximum atomic E-state index is 13.0. The summed E-state index contributed by atoms with van der Waals surface area (Å²) in [4.78, 5) is 14.5. The summed E-state index contributed by atoms with van der Waals surface area (Å²) in [6.07, 6.45) is 0. The number of benzene rings is 2. The molecule has 3 rings (SSSR count). The first kappa shape index (κ1) is 22.6. The average molecular weight is 451 g/mol. The van der Waals surface area contributed by atoms with Gasteiger partial charge in [-0.05, 0) is 62.6 Å². The molecule has 2 aromatic carbocycles. The molecule has 1 saturated heterocycles. The third kappa shape index (κ3) is 4.79. The van der Waals surface area contributed by atoms with Crippen LogP contribution in [0.15, 0.2) is 35.2 Å². The Hall–Kier alpha value is -2.09. The van der Waals surface area contributed by atoms with Gasteiger partial charge in [0.2, 0.25) is 10.0 Å². The van der Waals surface area contributed by atoms with Gasteiger partial charge in [0, 0.05) is 31.2 Å². The van der Waals surface area contributed by atoms with E-state index < -0.39 is 10.0 Å². The van der Waals surface area contributed by atoms with E-state index in [4.69, 9.17) is 16.3 Å². The maximum Gasteiger partial charge on any atom is 0.260 e. The van der Waals surface area contributed by atoms with Crippen LogP contribution in [0.25, 0.3) is 0 Å². The molecule has 0 aliphatic carbocycles. The third-order valence-electron chi connectivity index (χ3n) is 5.31. The number of amides is 1. The van der Waals surface area contributed by atoms with Crippen LogP contribution in [0, 0.1) is 27.7 Å². The van der Waals surface area contributed by atoms with Gasteiger partial charge < -0.3 is 9.64 Å². The number of hydrogen-bond donors (Lipinski definition) is 0. The van der Waals surface area contributed by atoms with Crippen molar-refractivity contribution >= 4 is 27.5 Å². The molecule has 1 amide bonds. The number of carbonyl (C=O) groups excluding carboxylic acids is 1. The molecule has 0 unspecified atom stereocenters. The van der Waals surface area contributed by atoms with Crippen LogP contribution in [0.5, 0.6) is 5.75 Å². The fraction of sp³-hybridized carbons (Fsp3) is 0.409. The zero-order chi connectivity index (χ0) is 22.1. The molecule has 0 atom stereocenters. The van der Waals surface area contributed by atoms with E-state index in [0.29, 0.717) is 28.8 Å². The highest BCUT2D eigenvalue weighted by Crippen LogP contribution is 2.26. The lowest BCUT2D eigenvalue weighted by atomic mass is 10.1. The van der Waals surface area contributed by atoms with Gasteiger partial charge in [-0.25, -0.2) is 8.42 Å². The Labute approximate surface area is 183 Å². The first-order chi connectivity index (χ1) is 14.1. The van der Waals surface area contributed by atoms with Crippen LogP contribution in [-0.4, -0.2) is 56.3 Å². The van der Waals surface area contributed by atoms with Crippen molar-refractivity contribution in [1.82, 2.24) is 9.21 Å². The van der Waals surface area contributed by atoms with E-state index in [1.807, 2.05) is 26.8 Å². The molecule has 0 radical (unpaired) electrons. The highest BCUT2D eigenvalue weighted by Gasteiger charge is 2.31. The zero-order valence-corrected chi connectivity index (χ0v) is 19.3. The minimum Gasteiger partial charge on any atom is -0.484 e. The topological polar surface area (TPSA) is 66.9 Å². The lowest BCUT2D eigenvalue weighted by molar-refractivity contribution is -0.134. The van der Waals surface area contributed by atoms with Crippen LogP contribution in [0.4, 0.5) is 0 Å². The zero-order valence-electron chi connectivity index (χ0n) is 17.7. The van der Waals surface area contributed by atoms with Gasteiger partial charge in [0.15, 0.2) is 6.61 Å². The lowest BCUT2D eigenvalue weighted by Crippen LogP contribution is -2.51. The summed E-state index contributed by atoms with van der Waals surface area (Å²) >= 11 is 6.16. The van der Waals surface area contributed by atoms with Gasteiger partial charge >= 0.3 is 0 Å². The molecule has 1 aliphatic rings. The summed E-state index contributed by atoms with van der Waals surface area (Å²) in [5, 5.41) is 0.690. The molecule has 1 heterocycles. The summed E-state index contributed by atoms with van der Waals surface area (Å²) < 4.78 is 33.1. The first-order valence-corrected chi connectivity index (χ1v) is 11.7. The normalized spacial score (nSPS) is 15.3. The fourth-order valence-corrected chi connectivity index (χ4v) is 5.37. The minimum atomic E-state index is -3.58. The summed E-state index contributed by atoms with van der Waals surface area (Å²) in [5.74, 6) is 0.433. The van der Waals surface area contributed by atoms with E-state index in [1.54, 1.807) is 36.1 Å². The van der Waals surface area contributed by atoms with Gasteiger partial charge in [0.05, 0.1) is 4.90 Å². The SMILES string of the molecule is Cc1ccc(S(=O)(=O)N2CCN(C(=O)COc3cc(C)c(Cl)c(C)c3)CC2)c(C)c1. The lowest BCUT2D eigenvalue weighted by Gasteiger charge is -2.34. The van der Waals surface area contributed by atoms with Crippen LogP contribution < -0.4 is 4.74 Å². The molecule has 1 fully saturated rings. The van der Waals surface area contributed by atoms with E-state index in [0.717, 1.165) is 22.3 Å². The molecule has 0 spiro atoms. The maximum absolute atomic E-state index is 13.0. The summed E-state index contributed by atoms with van der Waals surface area (Å²) in [6.45, 7) is 8.63. The van der Waals surface area contributed by atoms with E-state index in [9.17, 15) is 13.2 Å². The second kappa shape index (κ2) is 8.96. The first-order valence-electron chi connectivity index (χ1n) is 9.84. The Morgan fingerprint density at radius 1 is 0.967 bits per heavy atom. The predicted octanol–water partition coefficient (Wildman–Crippen LogP) is 3.49.